The first kappa shape index (κ1) is 8.73. The fourth-order valence-corrected chi connectivity index (χ4v) is 1.85. The van der Waals surface area contributed by atoms with Gasteiger partial charge in [0.25, 0.3) is 0 Å². The third-order valence-corrected chi connectivity index (χ3v) is 2.52. The van der Waals surface area contributed by atoms with Crippen molar-refractivity contribution in [1.29, 1.82) is 0 Å². The van der Waals surface area contributed by atoms with Gasteiger partial charge in [0, 0.05) is 6.42 Å². The van der Waals surface area contributed by atoms with Gasteiger partial charge in [-0.2, -0.15) is 0 Å². The number of aliphatic hydroxyl groups is 1. The van der Waals surface area contributed by atoms with Crippen LogP contribution >= 0.6 is 0 Å². The lowest BCUT2D eigenvalue weighted by atomic mass is 9.97. The van der Waals surface area contributed by atoms with E-state index in [0.717, 1.165) is 12.0 Å². The second-order valence-electron chi connectivity index (χ2n) is 3.64. The van der Waals surface area contributed by atoms with Crippen molar-refractivity contribution in [3.63, 3.8) is 0 Å². The van der Waals surface area contributed by atoms with Crippen molar-refractivity contribution in [2.24, 2.45) is 5.92 Å². The van der Waals surface area contributed by atoms with Crippen molar-refractivity contribution in [3.8, 4) is 0 Å². The molecule has 1 saturated heterocycles. The van der Waals surface area contributed by atoms with Gasteiger partial charge in [-0.05, 0) is 11.5 Å². The van der Waals surface area contributed by atoms with E-state index >= 15 is 0 Å². The molecule has 0 spiro atoms. The van der Waals surface area contributed by atoms with Gasteiger partial charge in [0.1, 0.15) is 0 Å². The summed E-state index contributed by atoms with van der Waals surface area (Å²) < 4.78 is 5.42. The Morgan fingerprint density at radius 3 is 2.54 bits per heavy atom. The van der Waals surface area contributed by atoms with Crippen LogP contribution in [0.25, 0.3) is 0 Å². The zero-order valence-electron chi connectivity index (χ0n) is 7.68. The van der Waals surface area contributed by atoms with E-state index in [1.54, 1.807) is 0 Å². The Morgan fingerprint density at radius 2 is 2.00 bits per heavy atom. The van der Waals surface area contributed by atoms with Gasteiger partial charge in [-0.3, -0.25) is 0 Å². The lowest BCUT2D eigenvalue weighted by molar-refractivity contribution is -0.0931. The summed E-state index contributed by atoms with van der Waals surface area (Å²) in [5.74, 6) is 0.400. The van der Waals surface area contributed by atoms with E-state index in [1.807, 2.05) is 30.3 Å². The van der Waals surface area contributed by atoms with E-state index in [9.17, 15) is 5.11 Å². The molecule has 1 N–H and O–H groups in total. The van der Waals surface area contributed by atoms with Crippen molar-refractivity contribution < 1.29 is 9.84 Å². The highest BCUT2D eigenvalue weighted by Gasteiger charge is 2.31. The Labute approximate surface area is 78.2 Å². The minimum absolute atomic E-state index is 0.0659. The summed E-state index contributed by atoms with van der Waals surface area (Å²) in [5.41, 5.74) is 1.16. The first-order chi connectivity index (χ1) is 6.27. The summed E-state index contributed by atoms with van der Waals surface area (Å²) in [5, 5.41) is 9.31. The molecule has 2 rings (SSSR count). The van der Waals surface area contributed by atoms with E-state index < -0.39 is 6.29 Å². The number of hydrogen-bond donors (Lipinski definition) is 1. The molecular formula is C11H14O2. The summed E-state index contributed by atoms with van der Waals surface area (Å²) in [6.07, 6.45) is 0.218. The van der Waals surface area contributed by atoms with Gasteiger partial charge < -0.3 is 9.84 Å². The first-order valence-electron chi connectivity index (χ1n) is 4.66. The summed E-state index contributed by atoms with van der Waals surface area (Å²) in [4.78, 5) is 0. The molecule has 0 radical (unpaired) electrons. The van der Waals surface area contributed by atoms with Gasteiger partial charge >= 0.3 is 0 Å². The van der Waals surface area contributed by atoms with Crippen LogP contribution in [-0.4, -0.2) is 11.4 Å². The molecule has 1 aliphatic heterocycles. The number of ether oxygens (including phenoxy) is 1. The molecule has 2 heteroatoms. The van der Waals surface area contributed by atoms with Crippen LogP contribution in [0.5, 0.6) is 0 Å². The number of benzene rings is 1. The van der Waals surface area contributed by atoms with Crippen molar-refractivity contribution in [2.45, 2.75) is 25.7 Å². The van der Waals surface area contributed by atoms with Crippen LogP contribution in [0.15, 0.2) is 30.3 Å². The molecule has 2 nitrogen and oxygen atoms in total. The summed E-state index contributed by atoms with van der Waals surface area (Å²) in [6, 6.07) is 10.1. The zero-order chi connectivity index (χ0) is 9.26. The number of aliphatic hydroxyl groups excluding tert-OH is 1. The number of hydrogen-bond acceptors (Lipinski definition) is 2. The predicted octanol–water partition coefficient (Wildman–Crippen LogP) is 2.10. The van der Waals surface area contributed by atoms with Gasteiger partial charge in [0.15, 0.2) is 6.29 Å². The molecule has 1 fully saturated rings. The molecular weight excluding hydrogens is 164 g/mol. The molecule has 0 aromatic heterocycles. The van der Waals surface area contributed by atoms with E-state index in [1.165, 1.54) is 0 Å². The second-order valence-corrected chi connectivity index (χ2v) is 3.64. The molecule has 1 aromatic rings. The van der Waals surface area contributed by atoms with E-state index in [0.29, 0.717) is 5.92 Å². The first-order valence-corrected chi connectivity index (χ1v) is 4.66. The molecule has 0 bridgehead atoms. The van der Waals surface area contributed by atoms with Gasteiger partial charge in [-0.1, -0.05) is 37.3 Å². The molecule has 0 amide bonds. The topological polar surface area (TPSA) is 29.5 Å². The Kier molecular flexibility index (Phi) is 2.34. The van der Waals surface area contributed by atoms with Crippen LogP contribution in [-0.2, 0) is 4.74 Å². The maximum atomic E-state index is 9.31. The van der Waals surface area contributed by atoms with Gasteiger partial charge in [0.05, 0.1) is 6.10 Å². The Morgan fingerprint density at radius 1 is 1.31 bits per heavy atom. The van der Waals surface area contributed by atoms with E-state index in [4.69, 9.17) is 4.74 Å². The molecule has 0 aliphatic carbocycles. The minimum atomic E-state index is -0.583. The van der Waals surface area contributed by atoms with Crippen LogP contribution in [0.1, 0.15) is 25.0 Å². The van der Waals surface area contributed by atoms with Crippen molar-refractivity contribution in [3.05, 3.63) is 35.9 Å². The fourth-order valence-electron chi connectivity index (χ4n) is 1.85. The third-order valence-electron chi connectivity index (χ3n) is 2.52. The molecule has 3 atom stereocenters. The second kappa shape index (κ2) is 3.48. The summed E-state index contributed by atoms with van der Waals surface area (Å²) >= 11 is 0. The fraction of sp³-hybridized carbons (Fsp3) is 0.455. The maximum absolute atomic E-state index is 9.31. The van der Waals surface area contributed by atoms with Crippen LogP contribution in [0.4, 0.5) is 0 Å². The quantitative estimate of drug-likeness (QED) is 0.713. The third kappa shape index (κ3) is 1.74. The lowest BCUT2D eigenvalue weighted by Crippen LogP contribution is -2.05. The van der Waals surface area contributed by atoms with Crippen molar-refractivity contribution >= 4 is 0 Å². The predicted molar refractivity (Wildman–Crippen MR) is 50.1 cm³/mol. The molecule has 1 heterocycles. The Bertz CT molecular complexity index is 271. The smallest absolute Gasteiger partial charge is 0.155 e. The molecule has 70 valence electrons. The van der Waals surface area contributed by atoms with Gasteiger partial charge in [0.2, 0.25) is 0 Å². The van der Waals surface area contributed by atoms with Crippen LogP contribution < -0.4 is 0 Å². The van der Waals surface area contributed by atoms with Gasteiger partial charge in [-0.15, -0.1) is 0 Å². The van der Waals surface area contributed by atoms with E-state index in [2.05, 4.69) is 6.92 Å². The standard InChI is InChI=1S/C11H14O2/c1-8-7-10(12)13-11(8)9-5-3-2-4-6-9/h2-6,8,10-12H,7H2,1H3. The summed E-state index contributed by atoms with van der Waals surface area (Å²) in [6.45, 7) is 2.11. The van der Waals surface area contributed by atoms with Crippen LogP contribution in [0.3, 0.4) is 0 Å². The van der Waals surface area contributed by atoms with Gasteiger partial charge in [-0.25, -0.2) is 0 Å². The molecule has 1 aromatic carbocycles. The largest absolute Gasteiger partial charge is 0.368 e. The number of rotatable bonds is 1. The maximum Gasteiger partial charge on any atom is 0.155 e. The van der Waals surface area contributed by atoms with Crippen LogP contribution in [0, 0.1) is 5.92 Å². The summed E-state index contributed by atoms with van der Waals surface area (Å²) in [7, 11) is 0. The molecule has 13 heavy (non-hydrogen) atoms. The zero-order valence-corrected chi connectivity index (χ0v) is 7.68. The molecule has 0 saturated carbocycles. The average molecular weight is 178 g/mol. The SMILES string of the molecule is CC1CC(O)OC1c1ccccc1. The highest BCUT2D eigenvalue weighted by Crippen LogP contribution is 2.36. The minimum Gasteiger partial charge on any atom is -0.368 e. The highest BCUT2D eigenvalue weighted by atomic mass is 16.6. The van der Waals surface area contributed by atoms with E-state index in [-0.39, 0.29) is 6.10 Å². The van der Waals surface area contributed by atoms with Crippen molar-refractivity contribution in [2.75, 3.05) is 0 Å². The molecule has 1 aliphatic rings. The average Bonchev–Trinajstić information content (AvgIpc) is 2.47. The lowest BCUT2D eigenvalue weighted by Gasteiger charge is -2.14. The molecule has 3 unspecified atom stereocenters. The monoisotopic (exact) mass is 178 g/mol. The van der Waals surface area contributed by atoms with Crippen LogP contribution in [0.2, 0.25) is 0 Å². The Balaban J connectivity index is 2.18. The Hall–Kier alpha value is -0.860. The van der Waals surface area contributed by atoms with Crippen molar-refractivity contribution in [1.82, 2.24) is 0 Å². The highest BCUT2D eigenvalue weighted by molar-refractivity contribution is 5.18. The normalized spacial score (nSPS) is 33.5.